The molecule has 2 rings (SSSR count). The maximum Gasteiger partial charge on any atom is 0.244 e. The lowest BCUT2D eigenvalue weighted by molar-refractivity contribution is -0.118. The lowest BCUT2D eigenvalue weighted by Crippen LogP contribution is -2.37. The summed E-state index contributed by atoms with van der Waals surface area (Å²) in [7, 11) is 0. The predicted molar refractivity (Wildman–Crippen MR) is 69.8 cm³/mol. The molecule has 1 aromatic carbocycles. The van der Waals surface area contributed by atoms with Crippen LogP contribution in [0.2, 0.25) is 0 Å². The van der Waals surface area contributed by atoms with Crippen LogP contribution in [0.25, 0.3) is 0 Å². The van der Waals surface area contributed by atoms with Gasteiger partial charge in [0.2, 0.25) is 5.91 Å². The molecule has 3 heteroatoms. The van der Waals surface area contributed by atoms with Crippen LogP contribution in [0.4, 0.5) is 5.69 Å². The number of carbonyl (C=O) groups is 1. The highest BCUT2D eigenvalue weighted by Crippen LogP contribution is 2.33. The zero-order chi connectivity index (χ0) is 12.3. The second-order valence-corrected chi connectivity index (χ2v) is 4.91. The summed E-state index contributed by atoms with van der Waals surface area (Å²) in [6, 6.07) is 8.05. The number of hydrogen-bond acceptors (Lipinski definition) is 2. The van der Waals surface area contributed by atoms with E-state index in [-0.39, 0.29) is 5.91 Å². The third-order valence-corrected chi connectivity index (χ3v) is 3.27. The number of nitrogens with two attached hydrogens (primary N) is 1. The van der Waals surface area contributed by atoms with E-state index >= 15 is 0 Å². The largest absolute Gasteiger partial charge is 0.324 e. The molecule has 0 heterocycles. The van der Waals surface area contributed by atoms with Gasteiger partial charge in [0.15, 0.2) is 0 Å². The van der Waals surface area contributed by atoms with E-state index in [1.807, 2.05) is 12.1 Å². The first-order chi connectivity index (χ1) is 8.14. The molecule has 0 atom stereocenters. The Bertz CT molecular complexity index is 393. The molecule has 3 N–H and O–H groups in total. The topological polar surface area (TPSA) is 55.1 Å². The molecule has 17 heavy (non-hydrogen) atoms. The van der Waals surface area contributed by atoms with Crippen LogP contribution in [-0.2, 0) is 11.2 Å². The maximum atomic E-state index is 11.7. The van der Waals surface area contributed by atoms with E-state index in [2.05, 4.69) is 24.4 Å². The Labute approximate surface area is 102 Å². The molecule has 1 saturated carbocycles. The van der Waals surface area contributed by atoms with E-state index in [9.17, 15) is 4.79 Å². The monoisotopic (exact) mass is 232 g/mol. The minimum Gasteiger partial charge on any atom is -0.324 e. The molecule has 0 saturated heterocycles. The van der Waals surface area contributed by atoms with Gasteiger partial charge in [0.05, 0.1) is 5.54 Å². The summed E-state index contributed by atoms with van der Waals surface area (Å²) < 4.78 is 0. The highest BCUT2D eigenvalue weighted by atomic mass is 16.2. The first-order valence-electron chi connectivity index (χ1n) is 6.33. The molecular weight excluding hydrogens is 212 g/mol. The standard InChI is InChI=1S/C14H20N2O/c1-2-3-4-11-5-7-12(8-6-11)16-13(17)14(15)9-10-14/h5-8H,2-4,9-10,15H2,1H3,(H,16,17). The van der Waals surface area contributed by atoms with Gasteiger partial charge in [0.25, 0.3) is 0 Å². The Kier molecular flexibility index (Phi) is 3.48. The van der Waals surface area contributed by atoms with Gasteiger partial charge in [-0.1, -0.05) is 25.5 Å². The first kappa shape index (κ1) is 12.1. The second kappa shape index (κ2) is 4.88. The Balaban J connectivity index is 1.91. The van der Waals surface area contributed by atoms with Gasteiger partial charge in [0.1, 0.15) is 0 Å². The lowest BCUT2D eigenvalue weighted by Gasteiger charge is -2.10. The number of nitrogens with one attached hydrogen (secondary N) is 1. The van der Waals surface area contributed by atoms with Crippen LogP contribution in [0.15, 0.2) is 24.3 Å². The van der Waals surface area contributed by atoms with Gasteiger partial charge >= 0.3 is 0 Å². The van der Waals surface area contributed by atoms with Crippen molar-refractivity contribution in [2.24, 2.45) is 5.73 Å². The zero-order valence-corrected chi connectivity index (χ0v) is 10.3. The molecule has 92 valence electrons. The van der Waals surface area contributed by atoms with Crippen LogP contribution in [-0.4, -0.2) is 11.4 Å². The fourth-order valence-electron chi connectivity index (χ4n) is 1.75. The molecule has 0 spiro atoms. The average Bonchev–Trinajstić information content (AvgIpc) is 3.08. The van der Waals surface area contributed by atoms with E-state index in [0.717, 1.165) is 24.9 Å². The predicted octanol–water partition coefficient (Wildman–Crippen LogP) is 2.46. The fraction of sp³-hybridized carbons (Fsp3) is 0.500. The number of benzene rings is 1. The summed E-state index contributed by atoms with van der Waals surface area (Å²) in [6.07, 6.45) is 5.11. The molecule has 1 amide bonds. The summed E-state index contributed by atoms with van der Waals surface area (Å²) in [5.74, 6) is -0.0567. The third-order valence-electron chi connectivity index (χ3n) is 3.27. The molecule has 3 nitrogen and oxygen atoms in total. The fourth-order valence-corrected chi connectivity index (χ4v) is 1.75. The summed E-state index contributed by atoms with van der Waals surface area (Å²) >= 11 is 0. The van der Waals surface area contributed by atoms with Crippen molar-refractivity contribution in [2.75, 3.05) is 5.32 Å². The van der Waals surface area contributed by atoms with Crippen molar-refractivity contribution in [3.63, 3.8) is 0 Å². The third kappa shape index (κ3) is 3.07. The van der Waals surface area contributed by atoms with E-state index < -0.39 is 5.54 Å². The van der Waals surface area contributed by atoms with Crippen molar-refractivity contribution in [3.8, 4) is 0 Å². The molecule has 0 aromatic heterocycles. The van der Waals surface area contributed by atoms with Crippen molar-refractivity contribution in [1.29, 1.82) is 0 Å². The van der Waals surface area contributed by atoms with E-state index in [0.29, 0.717) is 0 Å². The highest BCUT2D eigenvalue weighted by Gasteiger charge is 2.45. The molecule has 0 bridgehead atoms. The number of rotatable bonds is 5. The molecule has 0 unspecified atom stereocenters. The molecule has 1 aliphatic rings. The summed E-state index contributed by atoms with van der Waals surface area (Å²) in [5.41, 5.74) is 7.38. The summed E-state index contributed by atoms with van der Waals surface area (Å²) in [4.78, 5) is 11.7. The van der Waals surface area contributed by atoms with Crippen LogP contribution in [0.5, 0.6) is 0 Å². The quantitative estimate of drug-likeness (QED) is 0.819. The zero-order valence-electron chi connectivity index (χ0n) is 10.3. The molecule has 0 radical (unpaired) electrons. The summed E-state index contributed by atoms with van der Waals surface area (Å²) in [6.45, 7) is 2.19. The molecule has 1 aliphatic carbocycles. The smallest absolute Gasteiger partial charge is 0.244 e. The lowest BCUT2D eigenvalue weighted by atomic mass is 10.1. The van der Waals surface area contributed by atoms with Crippen molar-refractivity contribution in [1.82, 2.24) is 0 Å². The Morgan fingerprint density at radius 3 is 2.53 bits per heavy atom. The van der Waals surface area contributed by atoms with E-state index in [1.165, 1.54) is 18.4 Å². The molecule has 1 aromatic rings. The summed E-state index contributed by atoms with van der Waals surface area (Å²) in [5, 5.41) is 2.86. The van der Waals surface area contributed by atoms with Crippen molar-refractivity contribution >= 4 is 11.6 Å². The molecule has 1 fully saturated rings. The number of anilines is 1. The van der Waals surface area contributed by atoms with Crippen molar-refractivity contribution < 1.29 is 4.79 Å². The maximum absolute atomic E-state index is 11.7. The molecule has 0 aliphatic heterocycles. The van der Waals surface area contributed by atoms with Crippen LogP contribution >= 0.6 is 0 Å². The normalized spacial score (nSPS) is 16.6. The number of hydrogen-bond donors (Lipinski definition) is 2. The first-order valence-corrected chi connectivity index (χ1v) is 6.33. The van der Waals surface area contributed by atoms with Gasteiger partial charge in [-0.2, -0.15) is 0 Å². The van der Waals surface area contributed by atoms with Crippen LogP contribution in [0.3, 0.4) is 0 Å². The number of carbonyl (C=O) groups excluding carboxylic acids is 1. The van der Waals surface area contributed by atoms with Crippen LogP contribution in [0, 0.1) is 0 Å². The average molecular weight is 232 g/mol. The van der Waals surface area contributed by atoms with Crippen LogP contribution in [0.1, 0.15) is 38.2 Å². The minimum atomic E-state index is -0.596. The Hall–Kier alpha value is -1.35. The van der Waals surface area contributed by atoms with Gasteiger partial charge in [-0.05, 0) is 43.4 Å². The Morgan fingerprint density at radius 1 is 1.35 bits per heavy atom. The number of unbranched alkanes of at least 4 members (excludes halogenated alkanes) is 1. The molecular formula is C14H20N2O. The Morgan fingerprint density at radius 2 is 2.00 bits per heavy atom. The van der Waals surface area contributed by atoms with Gasteiger partial charge in [-0.15, -0.1) is 0 Å². The van der Waals surface area contributed by atoms with Crippen molar-refractivity contribution in [2.45, 2.75) is 44.6 Å². The van der Waals surface area contributed by atoms with Gasteiger partial charge in [-0.3, -0.25) is 4.79 Å². The second-order valence-electron chi connectivity index (χ2n) is 4.91. The van der Waals surface area contributed by atoms with Gasteiger partial charge < -0.3 is 11.1 Å². The SMILES string of the molecule is CCCCc1ccc(NC(=O)C2(N)CC2)cc1. The van der Waals surface area contributed by atoms with Crippen LogP contribution < -0.4 is 11.1 Å². The number of aryl methyl sites for hydroxylation is 1. The van der Waals surface area contributed by atoms with E-state index in [1.54, 1.807) is 0 Å². The number of amides is 1. The van der Waals surface area contributed by atoms with Crippen molar-refractivity contribution in [3.05, 3.63) is 29.8 Å². The highest BCUT2D eigenvalue weighted by molar-refractivity contribution is 6.00. The van der Waals surface area contributed by atoms with E-state index in [4.69, 9.17) is 5.73 Å². The van der Waals surface area contributed by atoms with Gasteiger partial charge in [-0.25, -0.2) is 0 Å². The minimum absolute atomic E-state index is 0.0567. The van der Waals surface area contributed by atoms with Gasteiger partial charge in [0, 0.05) is 5.69 Å².